The van der Waals surface area contributed by atoms with Gasteiger partial charge in [-0.15, -0.1) is 0 Å². The van der Waals surface area contributed by atoms with Crippen LogP contribution >= 0.6 is 0 Å². The van der Waals surface area contributed by atoms with Gasteiger partial charge in [-0.2, -0.15) is 0 Å². The Morgan fingerprint density at radius 1 is 1.50 bits per heavy atom. The van der Waals surface area contributed by atoms with Gasteiger partial charge in [0.15, 0.2) is 0 Å². The number of hydrogen-bond acceptors (Lipinski definition) is 1. The van der Waals surface area contributed by atoms with Crippen LogP contribution in [0.15, 0.2) is 24.3 Å². The second kappa shape index (κ2) is 4.96. The van der Waals surface area contributed by atoms with Crippen molar-refractivity contribution in [2.75, 3.05) is 0 Å². The average molecular weight is 221 g/mol. The molecule has 3 unspecified atom stereocenters. The van der Waals surface area contributed by atoms with Crippen LogP contribution < -0.4 is 5.32 Å². The molecule has 0 amide bonds. The summed E-state index contributed by atoms with van der Waals surface area (Å²) in [7, 11) is 0. The van der Waals surface area contributed by atoms with E-state index in [1.165, 1.54) is 18.9 Å². The van der Waals surface area contributed by atoms with Gasteiger partial charge in [0.05, 0.1) is 0 Å². The quantitative estimate of drug-likeness (QED) is 0.805. The second-order valence-corrected chi connectivity index (χ2v) is 4.91. The van der Waals surface area contributed by atoms with Crippen molar-refractivity contribution >= 4 is 0 Å². The molecule has 2 rings (SSSR count). The monoisotopic (exact) mass is 221 g/mol. The molecule has 1 fully saturated rings. The summed E-state index contributed by atoms with van der Waals surface area (Å²) in [5.74, 6) is 0.734. The molecule has 2 heteroatoms. The Labute approximate surface area is 97.1 Å². The fourth-order valence-corrected chi connectivity index (χ4v) is 2.34. The second-order valence-electron chi connectivity index (χ2n) is 4.91. The summed E-state index contributed by atoms with van der Waals surface area (Å²) in [6.07, 6.45) is 3.49. The number of benzene rings is 1. The van der Waals surface area contributed by atoms with E-state index >= 15 is 0 Å². The number of rotatable bonds is 5. The Hall–Kier alpha value is -0.890. The number of halogens is 1. The van der Waals surface area contributed by atoms with Crippen LogP contribution in [0.3, 0.4) is 0 Å². The molecule has 1 aromatic rings. The number of nitrogens with one attached hydrogen (secondary N) is 1. The van der Waals surface area contributed by atoms with Gasteiger partial charge < -0.3 is 5.32 Å². The van der Waals surface area contributed by atoms with Gasteiger partial charge in [-0.3, -0.25) is 0 Å². The Kier molecular flexibility index (Phi) is 3.59. The van der Waals surface area contributed by atoms with Gasteiger partial charge in [0.2, 0.25) is 0 Å². The van der Waals surface area contributed by atoms with Gasteiger partial charge in [0, 0.05) is 12.1 Å². The molecule has 1 aromatic carbocycles. The summed E-state index contributed by atoms with van der Waals surface area (Å²) in [6, 6.07) is 8.03. The molecule has 0 aromatic heterocycles. The number of hydrogen-bond donors (Lipinski definition) is 1. The van der Waals surface area contributed by atoms with Crippen molar-refractivity contribution in [3.63, 3.8) is 0 Å². The SMILES string of the molecule is CCC1CC1NC(C)Cc1cccc(F)c1. The van der Waals surface area contributed by atoms with Gasteiger partial charge in [-0.1, -0.05) is 25.5 Å². The van der Waals surface area contributed by atoms with Crippen molar-refractivity contribution in [1.82, 2.24) is 5.32 Å². The van der Waals surface area contributed by atoms with Crippen LogP contribution in [-0.2, 0) is 6.42 Å². The maximum absolute atomic E-state index is 13.0. The molecule has 88 valence electrons. The summed E-state index contributed by atoms with van der Waals surface area (Å²) in [6.45, 7) is 4.42. The minimum Gasteiger partial charge on any atom is -0.311 e. The summed E-state index contributed by atoms with van der Waals surface area (Å²) >= 11 is 0. The molecule has 1 N–H and O–H groups in total. The normalized spacial score (nSPS) is 25.4. The van der Waals surface area contributed by atoms with Crippen LogP contribution in [0.25, 0.3) is 0 Å². The molecule has 1 saturated carbocycles. The van der Waals surface area contributed by atoms with Crippen molar-refractivity contribution in [3.05, 3.63) is 35.6 Å². The zero-order chi connectivity index (χ0) is 11.5. The Morgan fingerprint density at radius 2 is 2.31 bits per heavy atom. The van der Waals surface area contributed by atoms with E-state index in [1.807, 2.05) is 6.07 Å². The summed E-state index contributed by atoms with van der Waals surface area (Å²) in [4.78, 5) is 0. The molecule has 1 aliphatic carbocycles. The smallest absolute Gasteiger partial charge is 0.123 e. The van der Waals surface area contributed by atoms with E-state index < -0.39 is 0 Å². The maximum Gasteiger partial charge on any atom is 0.123 e. The molecule has 0 bridgehead atoms. The molecule has 1 nitrogen and oxygen atoms in total. The first-order valence-electron chi connectivity index (χ1n) is 6.19. The fraction of sp³-hybridized carbons (Fsp3) is 0.571. The maximum atomic E-state index is 13.0. The fourth-order valence-electron chi connectivity index (χ4n) is 2.34. The van der Waals surface area contributed by atoms with Crippen molar-refractivity contribution < 1.29 is 4.39 Å². The topological polar surface area (TPSA) is 12.0 Å². The molecule has 0 saturated heterocycles. The summed E-state index contributed by atoms with van der Waals surface area (Å²) in [5.41, 5.74) is 1.08. The lowest BCUT2D eigenvalue weighted by Gasteiger charge is -2.13. The molecule has 1 aliphatic rings. The highest BCUT2D eigenvalue weighted by Gasteiger charge is 2.35. The lowest BCUT2D eigenvalue weighted by molar-refractivity contribution is 0.516. The average Bonchev–Trinajstić information content (AvgIpc) is 2.96. The van der Waals surface area contributed by atoms with Crippen LogP contribution in [0.2, 0.25) is 0 Å². The molecule has 0 radical (unpaired) electrons. The first kappa shape index (κ1) is 11.6. The minimum absolute atomic E-state index is 0.137. The molecule has 0 heterocycles. The molecule has 16 heavy (non-hydrogen) atoms. The molecule has 3 atom stereocenters. The standard InChI is InChI=1S/C14H20FN/c1-3-12-9-14(12)16-10(2)7-11-5-4-6-13(15)8-11/h4-6,8,10,12,14,16H,3,7,9H2,1-2H3. The first-order chi connectivity index (χ1) is 7.69. The van der Waals surface area contributed by atoms with E-state index in [4.69, 9.17) is 0 Å². The van der Waals surface area contributed by atoms with E-state index in [2.05, 4.69) is 19.2 Å². The van der Waals surface area contributed by atoms with Gasteiger partial charge in [0.1, 0.15) is 5.82 Å². The van der Waals surface area contributed by atoms with Gasteiger partial charge in [-0.25, -0.2) is 4.39 Å². The lowest BCUT2D eigenvalue weighted by Crippen LogP contribution is -2.31. The first-order valence-corrected chi connectivity index (χ1v) is 6.19. The minimum atomic E-state index is -0.137. The van der Waals surface area contributed by atoms with Crippen LogP contribution in [-0.4, -0.2) is 12.1 Å². The van der Waals surface area contributed by atoms with Gasteiger partial charge in [-0.05, 0) is 43.4 Å². The van der Waals surface area contributed by atoms with Crippen molar-refractivity contribution in [2.45, 2.75) is 45.2 Å². The Morgan fingerprint density at radius 3 is 2.94 bits per heavy atom. The summed E-state index contributed by atoms with van der Waals surface area (Å²) < 4.78 is 13.0. The molecular weight excluding hydrogens is 201 g/mol. The third-order valence-corrected chi connectivity index (χ3v) is 3.38. The Bertz CT molecular complexity index is 350. The highest BCUT2D eigenvalue weighted by atomic mass is 19.1. The van der Waals surface area contributed by atoms with Crippen molar-refractivity contribution in [2.24, 2.45) is 5.92 Å². The predicted octanol–water partition coefficient (Wildman–Crippen LogP) is 3.14. The highest BCUT2D eigenvalue weighted by molar-refractivity contribution is 5.17. The lowest BCUT2D eigenvalue weighted by atomic mass is 10.1. The molecular formula is C14H20FN. The van der Waals surface area contributed by atoms with E-state index in [0.717, 1.165) is 17.9 Å². The van der Waals surface area contributed by atoms with Crippen LogP contribution in [0, 0.1) is 11.7 Å². The Balaban J connectivity index is 1.81. The van der Waals surface area contributed by atoms with E-state index in [9.17, 15) is 4.39 Å². The van der Waals surface area contributed by atoms with E-state index in [0.29, 0.717) is 12.1 Å². The zero-order valence-electron chi connectivity index (χ0n) is 10.0. The third kappa shape index (κ3) is 3.05. The molecule has 0 spiro atoms. The zero-order valence-corrected chi connectivity index (χ0v) is 10.0. The largest absolute Gasteiger partial charge is 0.311 e. The predicted molar refractivity (Wildman–Crippen MR) is 64.9 cm³/mol. The van der Waals surface area contributed by atoms with Crippen LogP contribution in [0.4, 0.5) is 4.39 Å². The van der Waals surface area contributed by atoms with Gasteiger partial charge >= 0.3 is 0 Å². The van der Waals surface area contributed by atoms with E-state index in [1.54, 1.807) is 12.1 Å². The molecule has 0 aliphatic heterocycles. The van der Waals surface area contributed by atoms with Gasteiger partial charge in [0.25, 0.3) is 0 Å². The van der Waals surface area contributed by atoms with Crippen molar-refractivity contribution in [3.8, 4) is 0 Å². The third-order valence-electron chi connectivity index (χ3n) is 3.38. The highest BCUT2D eigenvalue weighted by Crippen LogP contribution is 2.33. The van der Waals surface area contributed by atoms with Crippen LogP contribution in [0.5, 0.6) is 0 Å². The van der Waals surface area contributed by atoms with Crippen molar-refractivity contribution in [1.29, 1.82) is 0 Å². The summed E-state index contributed by atoms with van der Waals surface area (Å²) in [5, 5.41) is 3.60. The van der Waals surface area contributed by atoms with E-state index in [-0.39, 0.29) is 5.82 Å². The van der Waals surface area contributed by atoms with Crippen LogP contribution in [0.1, 0.15) is 32.3 Å².